The quantitative estimate of drug-likeness (QED) is 0.646. The van der Waals surface area contributed by atoms with Gasteiger partial charge in [-0.05, 0) is 63.1 Å². The lowest BCUT2D eigenvalue weighted by Crippen LogP contribution is -2.41. The van der Waals surface area contributed by atoms with Crippen LogP contribution in [0.1, 0.15) is 24.2 Å². The fourth-order valence-electron chi connectivity index (χ4n) is 3.67. The number of amides is 1. The van der Waals surface area contributed by atoms with Crippen LogP contribution in [0.25, 0.3) is 5.82 Å². The van der Waals surface area contributed by atoms with E-state index in [0.717, 1.165) is 46.8 Å². The van der Waals surface area contributed by atoms with Crippen molar-refractivity contribution in [2.75, 3.05) is 23.3 Å². The fraction of sp³-hybridized carbons (Fsp3) is 0.333. The molecule has 1 saturated heterocycles. The van der Waals surface area contributed by atoms with Gasteiger partial charge in [0.15, 0.2) is 11.6 Å². The first-order valence-corrected chi connectivity index (χ1v) is 10.5. The van der Waals surface area contributed by atoms with Gasteiger partial charge in [0.1, 0.15) is 0 Å². The summed E-state index contributed by atoms with van der Waals surface area (Å²) < 4.78 is 2.73. The summed E-state index contributed by atoms with van der Waals surface area (Å²) in [5, 5.41) is 16.2. The predicted molar refractivity (Wildman–Crippen MR) is 116 cm³/mol. The third-order valence-electron chi connectivity index (χ3n) is 5.07. The molecule has 1 aromatic carbocycles. The van der Waals surface area contributed by atoms with Gasteiger partial charge < -0.3 is 10.2 Å². The zero-order valence-electron chi connectivity index (χ0n) is 16.5. The van der Waals surface area contributed by atoms with Crippen LogP contribution in [-0.4, -0.2) is 39.0 Å². The first-order valence-electron chi connectivity index (χ1n) is 9.68. The van der Waals surface area contributed by atoms with E-state index >= 15 is 0 Å². The summed E-state index contributed by atoms with van der Waals surface area (Å²) in [6.07, 6.45) is 1.81. The number of benzene rings is 1. The van der Waals surface area contributed by atoms with Crippen molar-refractivity contribution in [1.82, 2.24) is 20.0 Å². The number of nitrogens with one attached hydrogen (secondary N) is 1. The van der Waals surface area contributed by atoms with Crippen LogP contribution in [0.5, 0.6) is 0 Å². The Morgan fingerprint density at radius 2 is 1.93 bits per heavy atom. The Kier molecular flexibility index (Phi) is 5.62. The number of nitrogens with zero attached hydrogens (tertiary/aromatic N) is 5. The first kappa shape index (κ1) is 19.6. The predicted octanol–water partition coefficient (Wildman–Crippen LogP) is 3.90. The van der Waals surface area contributed by atoms with Gasteiger partial charge in [0.2, 0.25) is 5.91 Å². The molecule has 1 N–H and O–H groups in total. The van der Waals surface area contributed by atoms with Gasteiger partial charge in [0, 0.05) is 28.9 Å². The van der Waals surface area contributed by atoms with E-state index in [-0.39, 0.29) is 11.8 Å². The lowest BCUT2D eigenvalue weighted by Gasteiger charge is -2.32. The van der Waals surface area contributed by atoms with Crippen LogP contribution in [0.3, 0.4) is 0 Å². The Balaban J connectivity index is 1.44. The van der Waals surface area contributed by atoms with Crippen LogP contribution < -0.4 is 10.2 Å². The number of rotatable bonds is 4. The Labute approximate surface area is 178 Å². The molecule has 29 heavy (non-hydrogen) atoms. The molecule has 1 amide bonds. The van der Waals surface area contributed by atoms with Gasteiger partial charge in [-0.3, -0.25) is 4.79 Å². The summed E-state index contributed by atoms with van der Waals surface area (Å²) in [7, 11) is 0. The van der Waals surface area contributed by atoms with Gasteiger partial charge in [0.25, 0.3) is 0 Å². The maximum atomic E-state index is 12.7. The van der Waals surface area contributed by atoms with Crippen molar-refractivity contribution in [3.63, 3.8) is 0 Å². The van der Waals surface area contributed by atoms with E-state index in [1.807, 2.05) is 56.3 Å². The van der Waals surface area contributed by atoms with E-state index in [1.54, 1.807) is 4.68 Å². The molecular formula is C21H23BrN6O. The molecule has 0 aliphatic carbocycles. The van der Waals surface area contributed by atoms with Gasteiger partial charge in [-0.15, -0.1) is 10.2 Å². The number of hydrogen-bond donors (Lipinski definition) is 1. The maximum Gasteiger partial charge on any atom is 0.229 e. The number of hydrogen-bond acceptors (Lipinski definition) is 5. The molecule has 2 aromatic heterocycles. The molecule has 0 bridgehead atoms. The highest BCUT2D eigenvalue weighted by molar-refractivity contribution is 9.10. The fourth-order valence-corrected chi connectivity index (χ4v) is 4.07. The molecule has 8 heteroatoms. The molecule has 1 unspecified atom stereocenters. The zero-order chi connectivity index (χ0) is 20.4. The van der Waals surface area contributed by atoms with Gasteiger partial charge in [-0.25, -0.2) is 4.68 Å². The van der Waals surface area contributed by atoms with E-state index in [9.17, 15) is 4.79 Å². The number of halogens is 1. The van der Waals surface area contributed by atoms with Crippen molar-refractivity contribution >= 4 is 33.3 Å². The number of carbonyl (C=O) groups excluding carboxylic acids is 1. The average molecular weight is 455 g/mol. The largest absolute Gasteiger partial charge is 0.354 e. The maximum absolute atomic E-state index is 12.7. The lowest BCUT2D eigenvalue weighted by atomic mass is 9.97. The van der Waals surface area contributed by atoms with Crippen molar-refractivity contribution in [3.05, 3.63) is 58.3 Å². The Bertz CT molecular complexity index is 1020. The second kappa shape index (κ2) is 8.32. The minimum Gasteiger partial charge on any atom is -0.354 e. The molecule has 7 nitrogen and oxygen atoms in total. The smallest absolute Gasteiger partial charge is 0.229 e. The Morgan fingerprint density at radius 3 is 2.62 bits per heavy atom. The van der Waals surface area contributed by atoms with E-state index in [4.69, 9.17) is 0 Å². The molecule has 150 valence electrons. The second-order valence-corrected chi connectivity index (χ2v) is 8.29. The summed E-state index contributed by atoms with van der Waals surface area (Å²) in [5.74, 6) is 1.44. The zero-order valence-corrected chi connectivity index (χ0v) is 18.1. The second-order valence-electron chi connectivity index (χ2n) is 7.37. The van der Waals surface area contributed by atoms with Crippen LogP contribution in [0.15, 0.2) is 46.9 Å². The van der Waals surface area contributed by atoms with Crippen LogP contribution >= 0.6 is 15.9 Å². The highest BCUT2D eigenvalue weighted by Gasteiger charge is 2.27. The van der Waals surface area contributed by atoms with E-state index in [2.05, 4.69) is 41.4 Å². The molecule has 0 spiro atoms. The number of piperidine rings is 1. The van der Waals surface area contributed by atoms with Gasteiger partial charge in [0.05, 0.1) is 11.6 Å². The van der Waals surface area contributed by atoms with Crippen molar-refractivity contribution < 1.29 is 4.79 Å². The van der Waals surface area contributed by atoms with E-state index < -0.39 is 0 Å². The number of aromatic nitrogens is 4. The normalized spacial score (nSPS) is 16.7. The summed E-state index contributed by atoms with van der Waals surface area (Å²) in [4.78, 5) is 14.9. The molecule has 0 radical (unpaired) electrons. The average Bonchev–Trinajstić information content (AvgIpc) is 3.06. The third-order valence-corrected chi connectivity index (χ3v) is 5.56. The molecule has 1 atom stereocenters. The monoisotopic (exact) mass is 454 g/mol. The van der Waals surface area contributed by atoms with Gasteiger partial charge >= 0.3 is 0 Å². The molecule has 4 rings (SSSR count). The molecule has 0 saturated carbocycles. The van der Waals surface area contributed by atoms with Gasteiger partial charge in [-0.2, -0.15) is 5.10 Å². The van der Waals surface area contributed by atoms with E-state index in [1.165, 1.54) is 0 Å². The Morgan fingerprint density at radius 1 is 1.14 bits per heavy atom. The molecule has 3 aromatic rings. The van der Waals surface area contributed by atoms with Crippen molar-refractivity contribution in [1.29, 1.82) is 0 Å². The summed E-state index contributed by atoms with van der Waals surface area (Å²) in [6, 6.07) is 13.5. The Hall–Kier alpha value is -2.74. The lowest BCUT2D eigenvalue weighted by molar-refractivity contribution is -0.120. The van der Waals surface area contributed by atoms with Crippen LogP contribution in [0.4, 0.5) is 11.5 Å². The van der Waals surface area contributed by atoms with Crippen molar-refractivity contribution in [3.8, 4) is 5.82 Å². The molecule has 3 heterocycles. The highest BCUT2D eigenvalue weighted by Crippen LogP contribution is 2.24. The van der Waals surface area contributed by atoms with Crippen LogP contribution in [0, 0.1) is 19.8 Å². The van der Waals surface area contributed by atoms with E-state index in [0.29, 0.717) is 12.4 Å². The minimum absolute atomic E-state index is 0.0417. The summed E-state index contributed by atoms with van der Waals surface area (Å²) >= 11 is 3.44. The van der Waals surface area contributed by atoms with Crippen molar-refractivity contribution in [2.45, 2.75) is 26.7 Å². The van der Waals surface area contributed by atoms with Crippen LogP contribution in [-0.2, 0) is 4.79 Å². The first-order chi connectivity index (χ1) is 14.0. The van der Waals surface area contributed by atoms with Crippen molar-refractivity contribution in [2.24, 2.45) is 5.92 Å². The number of aryl methyl sites for hydroxylation is 2. The summed E-state index contributed by atoms with van der Waals surface area (Å²) in [6.45, 7) is 5.45. The minimum atomic E-state index is -0.0831. The SMILES string of the molecule is Cc1cc(C)n(-c2ccc(N3CCCC(C(=O)Nc4cccc(Br)c4)C3)nn2)n1. The van der Waals surface area contributed by atoms with Crippen LogP contribution in [0.2, 0.25) is 0 Å². The highest BCUT2D eigenvalue weighted by atomic mass is 79.9. The molecule has 1 aliphatic rings. The summed E-state index contributed by atoms with van der Waals surface area (Å²) in [5.41, 5.74) is 2.77. The molecular weight excluding hydrogens is 432 g/mol. The molecule has 1 aliphatic heterocycles. The van der Waals surface area contributed by atoms with Gasteiger partial charge in [-0.1, -0.05) is 22.0 Å². The number of anilines is 2. The number of carbonyl (C=O) groups is 1. The standard InChI is InChI=1S/C21H23BrN6O/c1-14-11-15(2)28(26-14)20-9-8-19(24-25-20)27-10-4-5-16(13-27)21(29)23-18-7-3-6-17(22)12-18/h3,6-9,11-12,16H,4-5,10,13H2,1-2H3,(H,23,29). The third kappa shape index (κ3) is 4.48. The molecule has 1 fully saturated rings. The topological polar surface area (TPSA) is 75.9 Å².